The molecule has 1 aromatic carbocycles. The van der Waals surface area contributed by atoms with Crippen LogP contribution in [-0.4, -0.2) is 0 Å². The molecule has 3 rings (SSSR count). The molecule has 0 bridgehead atoms. The maximum atomic E-state index is 4.15. The van der Waals surface area contributed by atoms with E-state index in [0.29, 0.717) is 0 Å². The lowest BCUT2D eigenvalue weighted by molar-refractivity contribution is 0.298. The van der Waals surface area contributed by atoms with Crippen molar-refractivity contribution in [2.24, 2.45) is 11.8 Å². The summed E-state index contributed by atoms with van der Waals surface area (Å²) < 4.78 is 0. The minimum Gasteiger partial charge on any atom is -0.0999 e. The highest BCUT2D eigenvalue weighted by molar-refractivity contribution is 5.27. The van der Waals surface area contributed by atoms with Crippen molar-refractivity contribution < 1.29 is 0 Å². The van der Waals surface area contributed by atoms with Crippen LogP contribution in [0.25, 0.3) is 0 Å². The third-order valence-corrected chi connectivity index (χ3v) is 5.95. The highest BCUT2D eigenvalue weighted by atomic mass is 14.3. The van der Waals surface area contributed by atoms with Crippen LogP contribution in [0.4, 0.5) is 0 Å². The first-order valence-corrected chi connectivity index (χ1v) is 9.65. The molecule has 1 aromatic rings. The molecule has 0 saturated heterocycles. The van der Waals surface area contributed by atoms with Crippen LogP contribution in [0.3, 0.4) is 0 Å². The van der Waals surface area contributed by atoms with E-state index in [0.717, 1.165) is 18.3 Å². The summed E-state index contributed by atoms with van der Waals surface area (Å²) in [6, 6.07) is 9.22. The second-order valence-electron chi connectivity index (χ2n) is 7.78. The minimum atomic E-state index is 0.942. The van der Waals surface area contributed by atoms with E-state index in [1.54, 1.807) is 5.57 Å². The number of allylic oxidation sites excluding steroid dienone is 3. The molecule has 0 aliphatic heterocycles. The lowest BCUT2D eigenvalue weighted by Gasteiger charge is -2.29. The van der Waals surface area contributed by atoms with E-state index in [9.17, 15) is 0 Å². The van der Waals surface area contributed by atoms with Crippen molar-refractivity contribution in [3.8, 4) is 0 Å². The Hall–Kier alpha value is -1.30. The number of hydrogen-bond donors (Lipinski definition) is 0. The molecule has 0 N–H and O–H groups in total. The Labute approximate surface area is 142 Å². The average molecular weight is 309 g/mol. The zero-order valence-corrected chi connectivity index (χ0v) is 14.8. The van der Waals surface area contributed by atoms with Gasteiger partial charge < -0.3 is 0 Å². The van der Waals surface area contributed by atoms with E-state index in [2.05, 4.69) is 43.8 Å². The molecule has 124 valence electrons. The molecule has 2 aliphatic rings. The highest BCUT2D eigenvalue weighted by Gasteiger charge is 2.21. The predicted octanol–water partition coefficient (Wildman–Crippen LogP) is 6.65. The van der Waals surface area contributed by atoms with Crippen molar-refractivity contribution in [1.82, 2.24) is 0 Å². The summed E-state index contributed by atoms with van der Waals surface area (Å²) >= 11 is 0. The van der Waals surface area contributed by atoms with Gasteiger partial charge in [0, 0.05) is 0 Å². The summed E-state index contributed by atoms with van der Waals surface area (Å²) in [5.74, 6) is 1.92. The molecule has 0 heterocycles. The quantitative estimate of drug-likeness (QED) is 0.534. The fraction of sp³-hybridized carbons (Fsp3) is 0.565. The Morgan fingerprint density at radius 3 is 2.17 bits per heavy atom. The van der Waals surface area contributed by atoms with Crippen LogP contribution in [0, 0.1) is 11.8 Å². The minimum absolute atomic E-state index is 0.942. The topological polar surface area (TPSA) is 0 Å². The van der Waals surface area contributed by atoms with Gasteiger partial charge in [0.05, 0.1) is 0 Å². The molecule has 2 aliphatic carbocycles. The third-order valence-electron chi connectivity index (χ3n) is 5.95. The molecule has 0 nitrogen and oxygen atoms in total. The maximum absolute atomic E-state index is 4.15. The van der Waals surface area contributed by atoms with Crippen LogP contribution in [0.1, 0.15) is 69.4 Å². The van der Waals surface area contributed by atoms with Gasteiger partial charge in [-0.05, 0) is 87.2 Å². The second kappa shape index (κ2) is 7.99. The van der Waals surface area contributed by atoms with Gasteiger partial charge in [-0.3, -0.25) is 0 Å². The monoisotopic (exact) mass is 308 g/mol. The largest absolute Gasteiger partial charge is 0.0999 e. The van der Waals surface area contributed by atoms with Crippen molar-refractivity contribution in [3.05, 3.63) is 59.2 Å². The normalized spacial score (nSPS) is 22.9. The first-order valence-electron chi connectivity index (χ1n) is 9.65. The molecule has 1 atom stereocenters. The van der Waals surface area contributed by atoms with Crippen LogP contribution in [0.2, 0.25) is 0 Å². The van der Waals surface area contributed by atoms with Crippen LogP contribution < -0.4 is 0 Å². The molecular weight excluding hydrogens is 276 g/mol. The molecule has 1 fully saturated rings. The van der Waals surface area contributed by atoms with Crippen molar-refractivity contribution in [2.75, 3.05) is 0 Å². The summed E-state index contributed by atoms with van der Waals surface area (Å²) in [5, 5.41) is 0. The van der Waals surface area contributed by atoms with E-state index in [1.165, 1.54) is 74.5 Å². The molecular formula is C23H32. The van der Waals surface area contributed by atoms with Crippen molar-refractivity contribution in [2.45, 2.75) is 71.1 Å². The molecule has 1 unspecified atom stereocenters. The van der Waals surface area contributed by atoms with Crippen LogP contribution in [0.15, 0.2) is 48.1 Å². The fourth-order valence-corrected chi connectivity index (χ4v) is 4.27. The second-order valence-corrected chi connectivity index (χ2v) is 7.78. The smallest absolute Gasteiger partial charge is 0.00671 e. The van der Waals surface area contributed by atoms with Gasteiger partial charge >= 0.3 is 0 Å². The molecule has 1 saturated carbocycles. The molecule has 0 radical (unpaired) electrons. The summed E-state index contributed by atoms with van der Waals surface area (Å²) in [7, 11) is 0. The Morgan fingerprint density at radius 1 is 0.913 bits per heavy atom. The van der Waals surface area contributed by atoms with E-state index < -0.39 is 0 Å². The molecule has 0 aromatic heterocycles. The number of rotatable bonds is 5. The summed E-state index contributed by atoms with van der Waals surface area (Å²) in [5.41, 5.74) is 6.09. The Bertz CT molecular complexity index is 536. The summed E-state index contributed by atoms with van der Waals surface area (Å²) in [4.78, 5) is 0. The van der Waals surface area contributed by atoms with Crippen molar-refractivity contribution >= 4 is 0 Å². The molecule has 0 heteroatoms. The Morgan fingerprint density at radius 2 is 1.57 bits per heavy atom. The van der Waals surface area contributed by atoms with Crippen LogP contribution in [-0.2, 0) is 12.8 Å². The van der Waals surface area contributed by atoms with Gasteiger partial charge in [-0.25, -0.2) is 0 Å². The molecule has 23 heavy (non-hydrogen) atoms. The predicted molar refractivity (Wildman–Crippen MR) is 101 cm³/mol. The Kier molecular flexibility index (Phi) is 5.75. The zero-order valence-electron chi connectivity index (χ0n) is 14.8. The van der Waals surface area contributed by atoms with Gasteiger partial charge in [-0.1, -0.05) is 55.0 Å². The maximum Gasteiger partial charge on any atom is -0.00671 e. The third kappa shape index (κ3) is 4.83. The number of aryl methyl sites for hydroxylation is 1. The van der Waals surface area contributed by atoms with Crippen molar-refractivity contribution in [3.63, 3.8) is 0 Å². The van der Waals surface area contributed by atoms with Gasteiger partial charge in [-0.15, -0.1) is 0 Å². The first-order chi connectivity index (χ1) is 11.2. The lowest BCUT2D eigenvalue weighted by Crippen LogP contribution is -2.15. The lowest BCUT2D eigenvalue weighted by atomic mass is 9.77. The van der Waals surface area contributed by atoms with Crippen molar-refractivity contribution in [1.29, 1.82) is 0 Å². The molecule has 0 amide bonds. The standard InChI is InChI=1S/C23H32/c1-3-19-8-10-21(11-9-19)17-23-14-12-22(13-15-23)16-20-6-4-18(2)5-7-20/h8-11,14,20,22H,2-7,12-13,15-17H2,1H3. The fourth-order valence-electron chi connectivity index (χ4n) is 4.27. The zero-order chi connectivity index (χ0) is 16.1. The highest BCUT2D eigenvalue weighted by Crippen LogP contribution is 2.36. The van der Waals surface area contributed by atoms with E-state index in [-0.39, 0.29) is 0 Å². The van der Waals surface area contributed by atoms with E-state index in [4.69, 9.17) is 0 Å². The van der Waals surface area contributed by atoms with Gasteiger partial charge in [-0.2, -0.15) is 0 Å². The van der Waals surface area contributed by atoms with E-state index >= 15 is 0 Å². The SMILES string of the molecule is C=C1CCC(CC2CC=C(Cc3ccc(CC)cc3)CC2)CC1. The Balaban J connectivity index is 1.46. The summed E-state index contributed by atoms with van der Waals surface area (Å²) in [6.45, 7) is 6.37. The number of benzene rings is 1. The first kappa shape index (κ1) is 16.6. The van der Waals surface area contributed by atoms with Crippen LogP contribution in [0.5, 0.6) is 0 Å². The average Bonchev–Trinajstić information content (AvgIpc) is 2.59. The van der Waals surface area contributed by atoms with Gasteiger partial charge in [0.15, 0.2) is 0 Å². The van der Waals surface area contributed by atoms with Gasteiger partial charge in [0.2, 0.25) is 0 Å². The number of hydrogen-bond acceptors (Lipinski definition) is 0. The van der Waals surface area contributed by atoms with Gasteiger partial charge in [0.25, 0.3) is 0 Å². The van der Waals surface area contributed by atoms with Crippen LogP contribution >= 0.6 is 0 Å². The molecule has 0 spiro atoms. The summed E-state index contributed by atoms with van der Waals surface area (Å²) in [6.07, 6.45) is 15.7. The van der Waals surface area contributed by atoms with Gasteiger partial charge in [0.1, 0.15) is 0 Å². The van der Waals surface area contributed by atoms with E-state index in [1.807, 2.05) is 0 Å².